The van der Waals surface area contributed by atoms with Crippen LogP contribution in [0.4, 0.5) is 14.5 Å². The Bertz CT molecular complexity index is 1030. The summed E-state index contributed by atoms with van der Waals surface area (Å²) in [6.45, 7) is 0.0685. The van der Waals surface area contributed by atoms with Gasteiger partial charge in [0, 0.05) is 12.1 Å². The van der Waals surface area contributed by atoms with Gasteiger partial charge < -0.3 is 9.15 Å². The monoisotopic (exact) mass is 395 g/mol. The summed E-state index contributed by atoms with van der Waals surface area (Å²) in [7, 11) is 0. The second-order valence-electron chi connectivity index (χ2n) is 5.09. The van der Waals surface area contributed by atoms with E-state index in [1.165, 1.54) is 30.5 Å². The minimum atomic E-state index is -2.84. The van der Waals surface area contributed by atoms with E-state index in [1.54, 1.807) is 12.1 Å². The van der Waals surface area contributed by atoms with Crippen molar-refractivity contribution in [3.63, 3.8) is 0 Å². The van der Waals surface area contributed by atoms with Crippen LogP contribution in [0.3, 0.4) is 0 Å². The van der Waals surface area contributed by atoms with Gasteiger partial charge in [0.05, 0.1) is 11.1 Å². The van der Waals surface area contributed by atoms with Gasteiger partial charge in [-0.3, -0.25) is 10.1 Å². The number of halogens is 2. The van der Waals surface area contributed by atoms with Gasteiger partial charge in [-0.25, -0.2) is 13.9 Å². The molecule has 0 atom stereocenters. The van der Waals surface area contributed by atoms with E-state index in [2.05, 4.69) is 15.3 Å². The van der Waals surface area contributed by atoms with Crippen molar-refractivity contribution >= 4 is 24.1 Å². The van der Waals surface area contributed by atoms with E-state index in [0.717, 1.165) is 4.68 Å². The summed E-state index contributed by atoms with van der Waals surface area (Å²) < 4.78 is 37.2. The third-order valence-electron chi connectivity index (χ3n) is 3.28. The van der Waals surface area contributed by atoms with Crippen molar-refractivity contribution in [3.05, 3.63) is 68.6 Å². The van der Waals surface area contributed by atoms with Crippen LogP contribution in [0.5, 0.6) is 5.75 Å². The minimum absolute atomic E-state index is 0.0418. The summed E-state index contributed by atoms with van der Waals surface area (Å²) in [6, 6.07) is 8.78. The summed E-state index contributed by atoms with van der Waals surface area (Å²) in [6.07, 6.45) is -1.62. The van der Waals surface area contributed by atoms with Crippen LogP contribution in [-0.2, 0) is 6.61 Å². The van der Waals surface area contributed by atoms with Gasteiger partial charge in [-0.1, -0.05) is 0 Å². The summed E-state index contributed by atoms with van der Waals surface area (Å²) in [4.78, 5) is 10.1. The third-order valence-corrected chi connectivity index (χ3v) is 3.55. The Hall–Kier alpha value is -3.41. The number of hydrogen-bond acceptors (Lipinski definition) is 7. The van der Waals surface area contributed by atoms with Gasteiger partial charge in [0.15, 0.2) is 0 Å². The van der Waals surface area contributed by atoms with Crippen LogP contribution in [0.25, 0.3) is 0 Å². The van der Waals surface area contributed by atoms with Crippen molar-refractivity contribution in [2.75, 3.05) is 0 Å². The van der Waals surface area contributed by atoms with E-state index >= 15 is 0 Å². The maximum absolute atomic E-state index is 12.8. The van der Waals surface area contributed by atoms with E-state index in [1.807, 2.05) is 0 Å². The zero-order valence-electron chi connectivity index (χ0n) is 13.4. The molecule has 0 saturated carbocycles. The Morgan fingerprint density at radius 3 is 2.78 bits per heavy atom. The van der Waals surface area contributed by atoms with Gasteiger partial charge in [0.25, 0.3) is 12.1 Å². The highest BCUT2D eigenvalue weighted by atomic mass is 32.1. The highest BCUT2D eigenvalue weighted by Gasteiger charge is 2.16. The van der Waals surface area contributed by atoms with Crippen molar-refractivity contribution in [2.45, 2.75) is 13.0 Å². The number of nitrogens with one attached hydrogen (secondary N) is 1. The van der Waals surface area contributed by atoms with Crippen LogP contribution in [-0.4, -0.2) is 26.0 Å². The first kappa shape index (κ1) is 18.4. The Morgan fingerprint density at radius 2 is 2.11 bits per heavy atom. The van der Waals surface area contributed by atoms with Crippen molar-refractivity contribution < 1.29 is 22.9 Å². The van der Waals surface area contributed by atoms with Crippen molar-refractivity contribution in [1.29, 1.82) is 0 Å². The van der Waals surface area contributed by atoms with Crippen LogP contribution >= 0.6 is 12.2 Å². The predicted octanol–water partition coefficient (Wildman–Crippen LogP) is 3.84. The SMILES string of the molecule is O=[N+]([O-])c1ccc(OCc2ccc(/C=N/n3c(C(F)F)n[nH]c3=S)o2)cc1. The van der Waals surface area contributed by atoms with Gasteiger partial charge in [0.2, 0.25) is 10.6 Å². The quantitative estimate of drug-likeness (QED) is 0.282. The lowest BCUT2D eigenvalue weighted by Gasteiger charge is -2.03. The molecule has 1 aromatic carbocycles. The molecule has 27 heavy (non-hydrogen) atoms. The first-order valence-electron chi connectivity index (χ1n) is 7.40. The Balaban J connectivity index is 1.64. The molecule has 0 fully saturated rings. The second kappa shape index (κ2) is 7.86. The molecule has 0 aliphatic heterocycles. The lowest BCUT2D eigenvalue weighted by Crippen LogP contribution is -1.99. The van der Waals surface area contributed by atoms with Gasteiger partial charge >= 0.3 is 0 Å². The second-order valence-corrected chi connectivity index (χ2v) is 5.47. The maximum atomic E-state index is 12.8. The number of non-ortho nitro benzene ring substituents is 1. The Labute approximate surface area is 155 Å². The Kier molecular flexibility index (Phi) is 5.35. The molecule has 0 aliphatic rings. The molecule has 0 radical (unpaired) electrons. The molecule has 3 rings (SSSR count). The zero-order chi connectivity index (χ0) is 19.4. The number of aromatic amines is 1. The van der Waals surface area contributed by atoms with E-state index in [4.69, 9.17) is 21.4 Å². The van der Waals surface area contributed by atoms with E-state index in [-0.39, 0.29) is 17.1 Å². The fourth-order valence-electron chi connectivity index (χ4n) is 2.03. The molecule has 0 spiro atoms. The molecule has 12 heteroatoms. The van der Waals surface area contributed by atoms with Crippen LogP contribution in [0.15, 0.2) is 45.9 Å². The fourth-order valence-corrected chi connectivity index (χ4v) is 2.22. The number of ether oxygens (including phenoxy) is 1. The normalized spacial score (nSPS) is 11.4. The number of furan rings is 1. The molecular formula is C15H11F2N5O4S. The average Bonchev–Trinajstić information content (AvgIpc) is 3.25. The standard InChI is InChI=1S/C15H11F2N5O4S/c16-13(17)14-19-20-15(27)21(14)18-7-11-5-6-12(26-11)8-25-10-3-1-9(2-4-10)22(23)24/h1-7,13H,8H2,(H,20,27)/b18-7+. The molecule has 0 unspecified atom stereocenters. The summed E-state index contributed by atoms with van der Waals surface area (Å²) >= 11 is 4.84. The fraction of sp³-hybridized carbons (Fsp3) is 0.133. The van der Waals surface area contributed by atoms with Crippen LogP contribution in [0.1, 0.15) is 23.8 Å². The molecule has 0 aliphatic carbocycles. The molecule has 3 aromatic rings. The molecule has 0 bridgehead atoms. The number of nitro benzene ring substituents is 1. The van der Waals surface area contributed by atoms with Crippen LogP contribution < -0.4 is 4.74 Å². The van der Waals surface area contributed by atoms with Crippen molar-refractivity contribution in [3.8, 4) is 5.75 Å². The number of nitrogens with zero attached hydrogens (tertiary/aromatic N) is 4. The smallest absolute Gasteiger partial charge is 0.299 e. The van der Waals surface area contributed by atoms with Gasteiger partial charge in [-0.05, 0) is 36.5 Å². The number of benzene rings is 1. The first-order chi connectivity index (χ1) is 12.9. The van der Waals surface area contributed by atoms with Crippen molar-refractivity contribution in [2.24, 2.45) is 5.10 Å². The summed E-state index contributed by atoms with van der Waals surface area (Å²) in [5.41, 5.74) is -0.0418. The molecule has 2 aromatic heterocycles. The maximum Gasteiger partial charge on any atom is 0.299 e. The number of alkyl halides is 2. The highest BCUT2D eigenvalue weighted by molar-refractivity contribution is 7.71. The predicted molar refractivity (Wildman–Crippen MR) is 91.5 cm³/mol. The summed E-state index contributed by atoms with van der Waals surface area (Å²) in [5.74, 6) is 0.559. The highest BCUT2D eigenvalue weighted by Crippen LogP contribution is 2.19. The van der Waals surface area contributed by atoms with E-state index < -0.39 is 17.2 Å². The lowest BCUT2D eigenvalue weighted by atomic mass is 10.3. The molecule has 1 N–H and O–H groups in total. The largest absolute Gasteiger partial charge is 0.486 e. The molecule has 2 heterocycles. The van der Waals surface area contributed by atoms with E-state index in [0.29, 0.717) is 17.3 Å². The Morgan fingerprint density at radius 1 is 1.37 bits per heavy atom. The van der Waals surface area contributed by atoms with Gasteiger partial charge in [-0.15, -0.1) is 0 Å². The van der Waals surface area contributed by atoms with E-state index in [9.17, 15) is 18.9 Å². The number of H-pyrrole nitrogens is 1. The molecule has 140 valence electrons. The topological polar surface area (TPSA) is 111 Å². The van der Waals surface area contributed by atoms with Crippen LogP contribution in [0.2, 0.25) is 0 Å². The minimum Gasteiger partial charge on any atom is -0.486 e. The number of aromatic nitrogens is 3. The van der Waals surface area contributed by atoms with Gasteiger partial charge in [-0.2, -0.15) is 14.9 Å². The molecule has 0 saturated heterocycles. The molecule has 9 nitrogen and oxygen atoms in total. The lowest BCUT2D eigenvalue weighted by molar-refractivity contribution is -0.384. The molecule has 0 amide bonds. The third kappa shape index (κ3) is 4.41. The number of hydrogen-bond donors (Lipinski definition) is 1. The number of nitro groups is 1. The average molecular weight is 395 g/mol. The number of rotatable bonds is 7. The van der Waals surface area contributed by atoms with Crippen LogP contribution in [0, 0.1) is 14.9 Å². The summed E-state index contributed by atoms with van der Waals surface area (Å²) in [5, 5.41) is 20.1. The zero-order valence-corrected chi connectivity index (χ0v) is 14.2. The first-order valence-corrected chi connectivity index (χ1v) is 7.80. The van der Waals surface area contributed by atoms with Gasteiger partial charge in [0.1, 0.15) is 23.9 Å². The molecular weight excluding hydrogens is 384 g/mol. The van der Waals surface area contributed by atoms with Crippen molar-refractivity contribution in [1.82, 2.24) is 14.9 Å².